The van der Waals surface area contributed by atoms with Crippen molar-refractivity contribution in [3.8, 4) is 0 Å². The van der Waals surface area contributed by atoms with Crippen LogP contribution in [0.3, 0.4) is 0 Å². The molecule has 20 heavy (non-hydrogen) atoms. The highest BCUT2D eigenvalue weighted by Gasteiger charge is 2.35. The summed E-state index contributed by atoms with van der Waals surface area (Å²) in [6.07, 6.45) is -4.64. The number of hydrogen-bond donors (Lipinski definition) is 3. The van der Waals surface area contributed by atoms with E-state index in [1.165, 1.54) is 13.2 Å². The first-order valence-electron chi connectivity index (χ1n) is 5.97. The van der Waals surface area contributed by atoms with Gasteiger partial charge in [0, 0.05) is 19.7 Å². The molecule has 0 amide bonds. The third-order valence-corrected chi connectivity index (χ3v) is 2.28. The van der Waals surface area contributed by atoms with Crippen molar-refractivity contribution >= 4 is 11.6 Å². The molecule has 3 N–H and O–H groups in total. The fourth-order valence-electron chi connectivity index (χ4n) is 1.47. The van der Waals surface area contributed by atoms with E-state index in [1.807, 2.05) is 0 Å². The second-order valence-corrected chi connectivity index (χ2v) is 3.97. The molecule has 0 saturated carbocycles. The normalized spacial score (nSPS) is 13.1. The van der Waals surface area contributed by atoms with Gasteiger partial charge in [-0.3, -0.25) is 0 Å². The average Bonchev–Trinajstić information content (AvgIpc) is 2.37. The SMILES string of the molecule is CCNc1cc(NC(CO)COC)nc(C(F)(F)F)n1. The summed E-state index contributed by atoms with van der Waals surface area (Å²) < 4.78 is 42.9. The molecule has 6 nitrogen and oxygen atoms in total. The lowest BCUT2D eigenvalue weighted by Gasteiger charge is -2.17. The van der Waals surface area contributed by atoms with Crippen molar-refractivity contribution in [3.05, 3.63) is 11.9 Å². The summed E-state index contributed by atoms with van der Waals surface area (Å²) in [5.41, 5.74) is 0. The van der Waals surface area contributed by atoms with Crippen molar-refractivity contribution in [1.82, 2.24) is 9.97 Å². The Morgan fingerprint density at radius 1 is 1.35 bits per heavy atom. The summed E-state index contributed by atoms with van der Waals surface area (Å²) in [5.74, 6) is -1.21. The highest BCUT2D eigenvalue weighted by Crippen LogP contribution is 2.28. The van der Waals surface area contributed by atoms with Crippen LogP contribution in [0.15, 0.2) is 6.07 Å². The Morgan fingerprint density at radius 3 is 2.50 bits per heavy atom. The van der Waals surface area contributed by atoms with Crippen molar-refractivity contribution < 1.29 is 23.0 Å². The first-order chi connectivity index (χ1) is 9.40. The number of aliphatic hydroxyl groups excluding tert-OH is 1. The average molecular weight is 294 g/mol. The van der Waals surface area contributed by atoms with E-state index in [9.17, 15) is 13.2 Å². The van der Waals surface area contributed by atoms with Crippen molar-refractivity contribution in [1.29, 1.82) is 0 Å². The van der Waals surface area contributed by atoms with Crippen LogP contribution in [0.5, 0.6) is 0 Å². The second kappa shape index (κ2) is 7.25. The van der Waals surface area contributed by atoms with Gasteiger partial charge < -0.3 is 20.5 Å². The molecule has 0 aliphatic heterocycles. The number of aromatic nitrogens is 2. The highest BCUT2D eigenvalue weighted by molar-refractivity contribution is 5.48. The minimum absolute atomic E-state index is 0.0284. The van der Waals surface area contributed by atoms with E-state index in [0.29, 0.717) is 6.54 Å². The van der Waals surface area contributed by atoms with Crippen molar-refractivity contribution in [2.24, 2.45) is 0 Å². The van der Waals surface area contributed by atoms with Crippen LogP contribution in [0.2, 0.25) is 0 Å². The van der Waals surface area contributed by atoms with E-state index in [1.54, 1.807) is 6.92 Å². The van der Waals surface area contributed by atoms with Crippen LogP contribution >= 0.6 is 0 Å². The molecule has 9 heteroatoms. The maximum atomic E-state index is 12.7. The number of aliphatic hydroxyl groups is 1. The summed E-state index contributed by atoms with van der Waals surface area (Å²) in [5, 5.41) is 14.5. The molecule has 1 rings (SSSR count). The topological polar surface area (TPSA) is 79.3 Å². The molecule has 1 aromatic rings. The predicted octanol–water partition coefficient (Wildman–Crippen LogP) is 1.35. The van der Waals surface area contributed by atoms with E-state index >= 15 is 0 Å². The zero-order chi connectivity index (χ0) is 15.2. The minimum atomic E-state index is -4.64. The number of ether oxygens (including phenoxy) is 1. The lowest BCUT2D eigenvalue weighted by molar-refractivity contribution is -0.144. The number of nitrogens with one attached hydrogen (secondary N) is 2. The van der Waals surface area contributed by atoms with Gasteiger partial charge >= 0.3 is 6.18 Å². The molecule has 1 heterocycles. The number of methoxy groups -OCH3 is 1. The molecule has 1 atom stereocenters. The van der Waals surface area contributed by atoms with Crippen LogP contribution in [0.1, 0.15) is 12.7 Å². The standard InChI is InChI=1S/C11H17F3N4O2/c1-3-15-8-4-9(16-7(5-19)6-20-2)18-10(17-8)11(12,13)14/h4,7,19H,3,5-6H2,1-2H3,(H2,15,16,17,18). The van der Waals surface area contributed by atoms with Crippen LogP contribution in [0.4, 0.5) is 24.8 Å². The van der Waals surface area contributed by atoms with Gasteiger partial charge in [-0.1, -0.05) is 0 Å². The van der Waals surface area contributed by atoms with Gasteiger partial charge in [-0.15, -0.1) is 0 Å². The van der Waals surface area contributed by atoms with E-state index in [2.05, 4.69) is 20.6 Å². The number of hydrogen-bond acceptors (Lipinski definition) is 6. The summed E-state index contributed by atoms with van der Waals surface area (Å²) in [6, 6.07) is 0.794. The molecule has 1 aromatic heterocycles. The van der Waals surface area contributed by atoms with Gasteiger partial charge in [-0.25, -0.2) is 9.97 Å². The lowest BCUT2D eigenvalue weighted by atomic mass is 10.3. The van der Waals surface area contributed by atoms with Crippen molar-refractivity contribution in [2.45, 2.75) is 19.1 Å². The highest BCUT2D eigenvalue weighted by atomic mass is 19.4. The van der Waals surface area contributed by atoms with Gasteiger partial charge in [-0.05, 0) is 6.92 Å². The Hall–Kier alpha value is -1.61. The van der Waals surface area contributed by atoms with Gasteiger partial charge in [0.25, 0.3) is 0 Å². The smallest absolute Gasteiger partial charge is 0.394 e. The second-order valence-electron chi connectivity index (χ2n) is 3.97. The largest absolute Gasteiger partial charge is 0.451 e. The summed E-state index contributed by atoms with van der Waals surface area (Å²) in [4.78, 5) is 6.80. The summed E-state index contributed by atoms with van der Waals surface area (Å²) >= 11 is 0. The number of anilines is 2. The zero-order valence-corrected chi connectivity index (χ0v) is 11.2. The maximum Gasteiger partial charge on any atom is 0.451 e. The first kappa shape index (κ1) is 16.4. The molecule has 114 valence electrons. The molecule has 0 radical (unpaired) electrons. The summed E-state index contributed by atoms with van der Waals surface area (Å²) in [7, 11) is 1.43. The maximum absolute atomic E-state index is 12.7. The predicted molar refractivity (Wildman–Crippen MR) is 67.6 cm³/mol. The molecule has 0 aromatic carbocycles. The lowest BCUT2D eigenvalue weighted by Crippen LogP contribution is -2.29. The number of nitrogens with zero attached hydrogens (tertiary/aromatic N) is 2. The van der Waals surface area contributed by atoms with E-state index < -0.39 is 18.0 Å². The molecule has 0 aliphatic carbocycles. The number of rotatable bonds is 7. The Bertz CT molecular complexity index is 429. The van der Waals surface area contributed by atoms with Crippen LogP contribution < -0.4 is 10.6 Å². The molecular weight excluding hydrogens is 277 g/mol. The van der Waals surface area contributed by atoms with Crippen molar-refractivity contribution in [3.63, 3.8) is 0 Å². The Labute approximate surface area is 114 Å². The van der Waals surface area contributed by atoms with Crippen LogP contribution in [0, 0.1) is 0 Å². The molecule has 1 unspecified atom stereocenters. The van der Waals surface area contributed by atoms with E-state index in [-0.39, 0.29) is 24.8 Å². The monoisotopic (exact) mass is 294 g/mol. The Balaban J connectivity index is 3.02. The van der Waals surface area contributed by atoms with Gasteiger partial charge in [0.1, 0.15) is 11.6 Å². The fourth-order valence-corrected chi connectivity index (χ4v) is 1.47. The fraction of sp³-hybridized carbons (Fsp3) is 0.636. The minimum Gasteiger partial charge on any atom is -0.394 e. The Kier molecular flexibility index (Phi) is 5.96. The number of halogens is 3. The van der Waals surface area contributed by atoms with E-state index in [0.717, 1.165) is 0 Å². The van der Waals surface area contributed by atoms with Gasteiger partial charge in [0.05, 0.1) is 19.3 Å². The van der Waals surface area contributed by atoms with Crippen LogP contribution in [0.25, 0.3) is 0 Å². The molecular formula is C11H17F3N4O2. The van der Waals surface area contributed by atoms with E-state index in [4.69, 9.17) is 9.84 Å². The molecule has 0 bridgehead atoms. The molecule has 0 saturated heterocycles. The first-order valence-corrected chi connectivity index (χ1v) is 5.97. The quantitative estimate of drug-likeness (QED) is 0.704. The Morgan fingerprint density at radius 2 is 2.00 bits per heavy atom. The van der Waals surface area contributed by atoms with Gasteiger partial charge in [-0.2, -0.15) is 13.2 Å². The van der Waals surface area contributed by atoms with Crippen molar-refractivity contribution in [2.75, 3.05) is 37.5 Å². The molecule has 0 fully saturated rings. The third-order valence-electron chi connectivity index (χ3n) is 2.28. The molecule has 0 aliphatic rings. The van der Waals surface area contributed by atoms with Gasteiger partial charge in [0.15, 0.2) is 0 Å². The van der Waals surface area contributed by atoms with Crippen LogP contribution in [-0.4, -0.2) is 48.0 Å². The zero-order valence-electron chi connectivity index (χ0n) is 11.2. The summed E-state index contributed by atoms with van der Waals surface area (Å²) in [6.45, 7) is 2.01. The third kappa shape index (κ3) is 4.82. The molecule has 0 spiro atoms. The van der Waals surface area contributed by atoms with Crippen LogP contribution in [-0.2, 0) is 10.9 Å². The number of alkyl halides is 3. The van der Waals surface area contributed by atoms with Gasteiger partial charge in [0.2, 0.25) is 5.82 Å².